The summed E-state index contributed by atoms with van der Waals surface area (Å²) < 4.78 is 37.4. The molecule has 8 N–H and O–H groups in total. The van der Waals surface area contributed by atoms with Crippen LogP contribution in [0.25, 0.3) is 11.2 Å². The van der Waals surface area contributed by atoms with Crippen molar-refractivity contribution < 1.29 is 37.1 Å². The zero-order chi connectivity index (χ0) is 24.5. The molecule has 1 fully saturated rings. The third kappa shape index (κ3) is 5.34. The van der Waals surface area contributed by atoms with Gasteiger partial charge >= 0.3 is 10.3 Å². The molecule has 2 aromatic heterocycles. The molecule has 0 radical (unpaired) electrons. The normalized spacial score (nSPS) is 25.0. The topological polar surface area (TPSA) is 247 Å². The number of hydrogen-bond acceptors (Lipinski definition) is 13. The Bertz CT molecular complexity index is 1140. The minimum Gasteiger partial charge on any atom is -0.387 e. The van der Waals surface area contributed by atoms with Crippen LogP contribution in [-0.2, 0) is 28.8 Å². The van der Waals surface area contributed by atoms with E-state index in [1.165, 1.54) is 31.1 Å². The quantitative estimate of drug-likeness (QED) is 0.209. The minimum atomic E-state index is -4.63. The van der Waals surface area contributed by atoms with Gasteiger partial charge in [0.2, 0.25) is 5.91 Å². The highest BCUT2D eigenvalue weighted by atomic mass is 32.2. The fourth-order valence-corrected chi connectivity index (χ4v) is 3.76. The number of ether oxygens (including phenoxy) is 1. The molecule has 1 saturated heterocycles. The van der Waals surface area contributed by atoms with E-state index < -0.39 is 65.3 Å². The van der Waals surface area contributed by atoms with Gasteiger partial charge in [0, 0.05) is 0 Å². The third-order valence-electron chi connectivity index (χ3n) is 4.78. The SMILES string of the molecule is C[C@H](N)C(=O)N[C@@H](C)C(=O)NS(=O)(=O)OC[C@H]1O[C@@H](n2cnc3c(N)ncnc32)[C@H](O)[C@@H]1O. The monoisotopic (exact) mass is 488 g/mol. The minimum absolute atomic E-state index is 0.0971. The zero-order valence-electron chi connectivity index (χ0n) is 17.5. The highest BCUT2D eigenvalue weighted by Gasteiger charge is 2.45. The summed E-state index contributed by atoms with van der Waals surface area (Å²) in [5.74, 6) is -1.63. The number of rotatable bonds is 8. The summed E-state index contributed by atoms with van der Waals surface area (Å²) in [5.41, 5.74) is 11.6. The lowest BCUT2D eigenvalue weighted by molar-refractivity contribution is -0.128. The molecule has 2 amide bonds. The van der Waals surface area contributed by atoms with Gasteiger partial charge in [-0.25, -0.2) is 19.7 Å². The molecule has 2 aromatic rings. The highest BCUT2D eigenvalue weighted by molar-refractivity contribution is 7.85. The van der Waals surface area contributed by atoms with E-state index in [1.807, 2.05) is 0 Å². The van der Waals surface area contributed by atoms with E-state index in [1.54, 1.807) is 4.72 Å². The molecule has 1 aliphatic heterocycles. The largest absolute Gasteiger partial charge is 0.387 e. The van der Waals surface area contributed by atoms with Gasteiger partial charge in [0.1, 0.15) is 36.2 Å². The maximum absolute atomic E-state index is 12.1. The van der Waals surface area contributed by atoms with Crippen molar-refractivity contribution in [3.05, 3.63) is 12.7 Å². The van der Waals surface area contributed by atoms with Crippen LogP contribution >= 0.6 is 0 Å². The molecule has 17 heteroatoms. The summed E-state index contributed by atoms with van der Waals surface area (Å²) in [4.78, 5) is 35.4. The molecule has 1 aliphatic rings. The maximum atomic E-state index is 12.1. The second-order valence-corrected chi connectivity index (χ2v) is 8.70. The van der Waals surface area contributed by atoms with Gasteiger partial charge < -0.3 is 31.7 Å². The summed E-state index contributed by atoms with van der Waals surface area (Å²) in [6.07, 6.45) is -3.04. The van der Waals surface area contributed by atoms with Crippen molar-refractivity contribution in [2.75, 3.05) is 12.3 Å². The van der Waals surface area contributed by atoms with E-state index in [0.717, 1.165) is 0 Å². The molecule has 3 heterocycles. The summed E-state index contributed by atoms with van der Waals surface area (Å²) in [6.45, 7) is 1.91. The summed E-state index contributed by atoms with van der Waals surface area (Å²) in [5, 5.41) is 22.9. The Hall–Kier alpha value is -2.96. The van der Waals surface area contributed by atoms with E-state index in [0.29, 0.717) is 0 Å². The smallest absolute Gasteiger partial charge is 0.362 e. The Labute approximate surface area is 187 Å². The summed E-state index contributed by atoms with van der Waals surface area (Å²) >= 11 is 0. The fourth-order valence-electron chi connectivity index (χ4n) is 2.96. The van der Waals surface area contributed by atoms with Crippen molar-refractivity contribution in [2.24, 2.45) is 5.73 Å². The first-order valence-corrected chi connectivity index (χ1v) is 11.0. The average Bonchev–Trinajstić information content (AvgIpc) is 3.28. The number of nitrogens with zero attached hydrogens (tertiary/aromatic N) is 4. The number of carbonyl (C=O) groups excluding carboxylic acids is 2. The van der Waals surface area contributed by atoms with Gasteiger partial charge in [-0.05, 0) is 13.8 Å². The molecular formula is C16H24N8O8S. The van der Waals surface area contributed by atoms with E-state index >= 15 is 0 Å². The van der Waals surface area contributed by atoms with Gasteiger partial charge in [-0.15, -0.1) is 0 Å². The van der Waals surface area contributed by atoms with Gasteiger partial charge in [0.05, 0.1) is 19.0 Å². The van der Waals surface area contributed by atoms with Crippen molar-refractivity contribution in [3.8, 4) is 0 Å². The maximum Gasteiger partial charge on any atom is 0.362 e. The predicted molar refractivity (Wildman–Crippen MR) is 110 cm³/mol. The first-order chi connectivity index (χ1) is 15.4. The van der Waals surface area contributed by atoms with E-state index in [2.05, 4.69) is 20.3 Å². The number of aliphatic hydroxyl groups is 2. The average molecular weight is 488 g/mol. The molecular weight excluding hydrogens is 464 g/mol. The number of hydrogen-bond donors (Lipinski definition) is 6. The van der Waals surface area contributed by atoms with Crippen LogP contribution in [-0.4, -0.2) is 87.0 Å². The van der Waals surface area contributed by atoms with Crippen molar-refractivity contribution in [1.82, 2.24) is 29.6 Å². The van der Waals surface area contributed by atoms with E-state index in [4.69, 9.17) is 20.4 Å². The Morgan fingerprint density at radius 1 is 1.24 bits per heavy atom. The number of aromatic nitrogens is 4. The molecule has 0 spiro atoms. The van der Waals surface area contributed by atoms with Gasteiger partial charge in [0.15, 0.2) is 17.7 Å². The Kier molecular flexibility index (Phi) is 7.10. The lowest BCUT2D eigenvalue weighted by Gasteiger charge is -2.17. The zero-order valence-corrected chi connectivity index (χ0v) is 18.3. The second kappa shape index (κ2) is 9.49. The van der Waals surface area contributed by atoms with Crippen LogP contribution in [0.3, 0.4) is 0 Å². The number of imidazole rings is 1. The standard InChI is InChI=1S/C16H24N8O8S/c1-6(17)14(27)22-7(2)15(28)23-33(29,30)31-3-8-10(25)11(26)16(32-8)24-5-21-9-12(18)19-4-20-13(9)24/h4-8,10-11,16,25-26H,3,17H2,1-2H3,(H,22,27)(H,23,28)(H2,18,19,20)/t6-,7-,8+,10+,11+,16+/m0/s1. The van der Waals surface area contributed by atoms with E-state index in [-0.39, 0.29) is 17.0 Å². The number of amides is 2. The van der Waals surface area contributed by atoms with Crippen LogP contribution in [0.4, 0.5) is 5.82 Å². The molecule has 33 heavy (non-hydrogen) atoms. The second-order valence-electron chi connectivity index (χ2n) is 7.35. The lowest BCUT2D eigenvalue weighted by atomic mass is 10.1. The van der Waals surface area contributed by atoms with Crippen LogP contribution in [0.5, 0.6) is 0 Å². The molecule has 6 atom stereocenters. The predicted octanol–water partition coefficient (Wildman–Crippen LogP) is -3.74. The molecule has 3 rings (SSSR count). The lowest BCUT2D eigenvalue weighted by Crippen LogP contribution is -2.50. The number of aliphatic hydroxyl groups excluding tert-OH is 2. The highest BCUT2D eigenvalue weighted by Crippen LogP contribution is 2.32. The number of nitrogens with one attached hydrogen (secondary N) is 2. The van der Waals surface area contributed by atoms with Crippen molar-refractivity contribution in [1.29, 1.82) is 0 Å². The fraction of sp³-hybridized carbons (Fsp3) is 0.562. The Morgan fingerprint density at radius 3 is 2.61 bits per heavy atom. The van der Waals surface area contributed by atoms with Crippen molar-refractivity contribution in [3.63, 3.8) is 0 Å². The molecule has 0 aliphatic carbocycles. The molecule has 0 bridgehead atoms. The number of carbonyl (C=O) groups is 2. The van der Waals surface area contributed by atoms with Crippen LogP contribution in [0.1, 0.15) is 20.1 Å². The number of anilines is 1. The first-order valence-electron chi connectivity index (χ1n) is 9.63. The number of fused-ring (bicyclic) bond motifs is 1. The molecule has 16 nitrogen and oxygen atoms in total. The number of nitrogen functional groups attached to an aromatic ring is 1. The molecule has 0 aromatic carbocycles. The van der Waals surface area contributed by atoms with Crippen LogP contribution < -0.4 is 21.5 Å². The van der Waals surface area contributed by atoms with Crippen LogP contribution in [0, 0.1) is 0 Å². The number of nitrogens with two attached hydrogens (primary N) is 2. The third-order valence-corrected chi connectivity index (χ3v) is 5.67. The van der Waals surface area contributed by atoms with Crippen LogP contribution in [0.2, 0.25) is 0 Å². The van der Waals surface area contributed by atoms with E-state index in [9.17, 15) is 28.2 Å². The van der Waals surface area contributed by atoms with Gasteiger partial charge in [-0.1, -0.05) is 0 Å². The van der Waals surface area contributed by atoms with Gasteiger partial charge in [-0.3, -0.25) is 18.3 Å². The van der Waals surface area contributed by atoms with Crippen molar-refractivity contribution >= 4 is 39.1 Å². The molecule has 0 unspecified atom stereocenters. The summed E-state index contributed by atoms with van der Waals surface area (Å²) in [7, 11) is -4.63. The van der Waals surface area contributed by atoms with Gasteiger partial charge in [0.25, 0.3) is 5.91 Å². The molecule has 0 saturated carbocycles. The van der Waals surface area contributed by atoms with Crippen molar-refractivity contribution in [2.45, 2.75) is 50.5 Å². The van der Waals surface area contributed by atoms with Crippen LogP contribution in [0.15, 0.2) is 12.7 Å². The van der Waals surface area contributed by atoms with Gasteiger partial charge in [-0.2, -0.15) is 8.42 Å². The Balaban J connectivity index is 1.62. The first kappa shape index (κ1) is 24.7. The molecule has 182 valence electrons. The Morgan fingerprint density at radius 2 is 1.94 bits per heavy atom. The summed E-state index contributed by atoms with van der Waals surface area (Å²) in [6, 6.07) is -2.12.